The van der Waals surface area contributed by atoms with Gasteiger partial charge in [-0.2, -0.15) is 0 Å². The van der Waals surface area contributed by atoms with E-state index >= 15 is 0 Å². The second kappa shape index (κ2) is 10.1. The summed E-state index contributed by atoms with van der Waals surface area (Å²) < 4.78 is 15.1. The highest BCUT2D eigenvalue weighted by molar-refractivity contribution is 6.05. The molecule has 0 spiro atoms. The number of imidazole rings is 1. The number of pyridine rings is 2. The summed E-state index contributed by atoms with van der Waals surface area (Å²) in [5, 5.41) is 3.26. The standard InChI is InChI=1S/C25H25FN6O3.C2H6/c1-14-4-6-16(7-5-14)9-28-23(34)18-8-17-21-19(29-15(2)30-21)10-27-22(17)32(24(18)35)11-20(33)31-12-25(3,26)13-31;1-2/h4-8,10H,9,11-13H2,1-3H3,(H,28,34)(H,29,30);1-2H3. The second-order valence-corrected chi connectivity index (χ2v) is 9.36. The van der Waals surface area contributed by atoms with Gasteiger partial charge < -0.3 is 15.2 Å². The van der Waals surface area contributed by atoms with Crippen LogP contribution in [0.2, 0.25) is 0 Å². The second-order valence-electron chi connectivity index (χ2n) is 9.36. The fraction of sp³-hybridized carbons (Fsp3) is 0.370. The zero-order valence-corrected chi connectivity index (χ0v) is 21.7. The predicted molar refractivity (Wildman–Crippen MR) is 140 cm³/mol. The van der Waals surface area contributed by atoms with E-state index in [2.05, 4.69) is 20.3 Å². The Hall–Kier alpha value is -4.08. The van der Waals surface area contributed by atoms with Gasteiger partial charge in [-0.3, -0.25) is 19.0 Å². The minimum Gasteiger partial charge on any atom is -0.348 e. The van der Waals surface area contributed by atoms with Crippen LogP contribution < -0.4 is 10.9 Å². The molecular formula is C27H31FN6O3. The zero-order valence-electron chi connectivity index (χ0n) is 21.7. The maximum absolute atomic E-state index is 13.9. The van der Waals surface area contributed by atoms with E-state index in [1.165, 1.54) is 28.7 Å². The molecule has 0 aliphatic carbocycles. The van der Waals surface area contributed by atoms with Crippen LogP contribution in [0.25, 0.3) is 22.1 Å². The summed E-state index contributed by atoms with van der Waals surface area (Å²) in [7, 11) is 0. The minimum atomic E-state index is -1.43. The maximum Gasteiger partial charge on any atom is 0.265 e. The van der Waals surface area contributed by atoms with Crippen LogP contribution >= 0.6 is 0 Å². The van der Waals surface area contributed by atoms with Crippen LogP contribution in [-0.4, -0.2) is 55.0 Å². The van der Waals surface area contributed by atoms with Crippen molar-refractivity contribution in [2.75, 3.05) is 13.1 Å². The Bertz CT molecular complexity index is 1530. The summed E-state index contributed by atoms with van der Waals surface area (Å²) in [5.41, 5.74) is 1.22. The molecule has 4 aromatic rings. The summed E-state index contributed by atoms with van der Waals surface area (Å²) in [4.78, 5) is 52.6. The normalized spacial score (nSPS) is 14.2. The largest absolute Gasteiger partial charge is 0.348 e. The number of H-pyrrole nitrogens is 1. The van der Waals surface area contributed by atoms with E-state index in [0.29, 0.717) is 22.2 Å². The van der Waals surface area contributed by atoms with E-state index in [-0.39, 0.29) is 37.4 Å². The Morgan fingerprint density at radius 1 is 1.16 bits per heavy atom. The van der Waals surface area contributed by atoms with Gasteiger partial charge >= 0.3 is 0 Å². The molecule has 9 nitrogen and oxygen atoms in total. The molecule has 1 aromatic carbocycles. The average Bonchev–Trinajstić information content (AvgIpc) is 3.25. The number of fused-ring (bicyclic) bond motifs is 3. The highest BCUT2D eigenvalue weighted by atomic mass is 19.1. The monoisotopic (exact) mass is 506 g/mol. The van der Waals surface area contributed by atoms with Crippen molar-refractivity contribution in [3.63, 3.8) is 0 Å². The molecule has 1 fully saturated rings. The van der Waals surface area contributed by atoms with Gasteiger partial charge in [0.05, 0.1) is 24.8 Å². The van der Waals surface area contributed by atoms with Crippen LogP contribution in [0.3, 0.4) is 0 Å². The van der Waals surface area contributed by atoms with Crippen LogP contribution in [0.4, 0.5) is 4.39 Å². The van der Waals surface area contributed by atoms with Crippen LogP contribution in [0, 0.1) is 13.8 Å². The Morgan fingerprint density at radius 2 is 1.84 bits per heavy atom. The molecule has 1 aliphatic rings. The smallest absolute Gasteiger partial charge is 0.265 e. The molecule has 5 rings (SSSR count). The fourth-order valence-corrected chi connectivity index (χ4v) is 4.36. The van der Waals surface area contributed by atoms with Crippen molar-refractivity contribution in [2.24, 2.45) is 0 Å². The molecule has 2 amide bonds. The van der Waals surface area contributed by atoms with Crippen LogP contribution in [-0.2, 0) is 17.9 Å². The van der Waals surface area contributed by atoms with Crippen molar-refractivity contribution in [3.8, 4) is 0 Å². The van der Waals surface area contributed by atoms with E-state index in [9.17, 15) is 18.8 Å². The zero-order chi connectivity index (χ0) is 26.9. The van der Waals surface area contributed by atoms with E-state index in [4.69, 9.17) is 0 Å². The number of likely N-dealkylation sites (tertiary alicyclic amines) is 1. The lowest BCUT2D eigenvalue weighted by Gasteiger charge is -2.42. The van der Waals surface area contributed by atoms with Gasteiger partial charge in [-0.15, -0.1) is 0 Å². The van der Waals surface area contributed by atoms with Crippen molar-refractivity contribution in [1.29, 1.82) is 0 Å². The highest BCUT2D eigenvalue weighted by Gasteiger charge is 2.41. The predicted octanol–water partition coefficient (Wildman–Crippen LogP) is 3.42. The first kappa shape index (κ1) is 26.0. The lowest BCUT2D eigenvalue weighted by atomic mass is 9.99. The number of hydrogen-bond acceptors (Lipinski definition) is 5. The highest BCUT2D eigenvalue weighted by Crippen LogP contribution is 2.26. The Labute approximate surface area is 213 Å². The number of aromatic nitrogens is 4. The van der Waals surface area contributed by atoms with Gasteiger partial charge in [0, 0.05) is 11.9 Å². The number of halogens is 1. The molecule has 0 unspecified atom stereocenters. The van der Waals surface area contributed by atoms with E-state index in [1.807, 2.05) is 45.0 Å². The van der Waals surface area contributed by atoms with E-state index in [0.717, 1.165) is 11.1 Å². The topological polar surface area (TPSA) is 113 Å². The van der Waals surface area contributed by atoms with Crippen LogP contribution in [0.5, 0.6) is 0 Å². The first-order valence-corrected chi connectivity index (χ1v) is 12.3. The van der Waals surface area contributed by atoms with Gasteiger partial charge in [-0.25, -0.2) is 14.4 Å². The lowest BCUT2D eigenvalue weighted by Crippen LogP contribution is -2.60. The summed E-state index contributed by atoms with van der Waals surface area (Å²) in [5.74, 6) is -0.333. The van der Waals surface area contributed by atoms with Crippen LogP contribution in [0.1, 0.15) is 48.1 Å². The van der Waals surface area contributed by atoms with Gasteiger partial charge in [-0.1, -0.05) is 43.7 Å². The molecule has 1 aliphatic heterocycles. The summed E-state index contributed by atoms with van der Waals surface area (Å²) in [6.45, 7) is 9.00. The molecular weight excluding hydrogens is 475 g/mol. The first-order chi connectivity index (χ1) is 17.6. The molecule has 2 N–H and O–H groups in total. The molecule has 10 heteroatoms. The van der Waals surface area contributed by atoms with Gasteiger partial charge in [0.2, 0.25) is 5.91 Å². The number of nitrogens with zero attached hydrogens (tertiary/aromatic N) is 4. The Balaban J connectivity index is 0.00000156. The van der Waals surface area contributed by atoms with Gasteiger partial charge in [0.1, 0.15) is 34.8 Å². The Morgan fingerprint density at radius 3 is 2.49 bits per heavy atom. The van der Waals surface area contributed by atoms with Crippen molar-refractivity contribution >= 4 is 33.9 Å². The summed E-state index contributed by atoms with van der Waals surface area (Å²) in [6.07, 6.45) is 1.54. The third-order valence-corrected chi connectivity index (χ3v) is 6.19. The fourth-order valence-electron chi connectivity index (χ4n) is 4.36. The number of alkyl halides is 1. The van der Waals surface area contributed by atoms with Crippen molar-refractivity contribution in [1.82, 2.24) is 29.7 Å². The number of aromatic amines is 1. The maximum atomic E-state index is 13.9. The molecule has 194 valence electrons. The molecule has 37 heavy (non-hydrogen) atoms. The molecule has 0 atom stereocenters. The minimum absolute atomic E-state index is 0.0362. The quantitative estimate of drug-likeness (QED) is 0.431. The Kier molecular flexibility index (Phi) is 7.11. The number of rotatable bonds is 5. The number of hydrogen-bond donors (Lipinski definition) is 2. The summed E-state index contributed by atoms with van der Waals surface area (Å²) >= 11 is 0. The molecule has 0 bridgehead atoms. The van der Waals surface area contributed by atoms with Crippen molar-refractivity contribution in [3.05, 3.63) is 69.4 Å². The molecule has 0 radical (unpaired) electrons. The van der Waals surface area contributed by atoms with Gasteiger partial charge in [0.25, 0.3) is 11.5 Å². The summed E-state index contributed by atoms with van der Waals surface area (Å²) in [6, 6.07) is 9.16. The van der Waals surface area contributed by atoms with Crippen LogP contribution in [0.15, 0.2) is 41.3 Å². The van der Waals surface area contributed by atoms with Gasteiger partial charge in [0.15, 0.2) is 0 Å². The number of carbonyl (C=O) groups is 2. The number of aryl methyl sites for hydroxylation is 2. The van der Waals surface area contributed by atoms with E-state index in [1.54, 1.807) is 6.92 Å². The number of nitrogens with one attached hydrogen (secondary N) is 2. The molecule has 3 aromatic heterocycles. The van der Waals surface area contributed by atoms with Crippen molar-refractivity contribution in [2.45, 2.75) is 53.4 Å². The molecule has 4 heterocycles. The molecule has 1 saturated heterocycles. The average molecular weight is 507 g/mol. The number of carbonyl (C=O) groups excluding carboxylic acids is 2. The third-order valence-electron chi connectivity index (χ3n) is 6.19. The number of benzene rings is 1. The lowest BCUT2D eigenvalue weighted by molar-refractivity contribution is -0.144. The van der Waals surface area contributed by atoms with Crippen molar-refractivity contribution < 1.29 is 14.0 Å². The third kappa shape index (κ3) is 5.23. The molecule has 0 saturated carbocycles. The number of amides is 2. The first-order valence-electron chi connectivity index (χ1n) is 12.3. The van der Waals surface area contributed by atoms with E-state index < -0.39 is 23.0 Å². The van der Waals surface area contributed by atoms with Gasteiger partial charge in [-0.05, 0) is 32.4 Å². The SMILES string of the molecule is CC.Cc1ccc(CNC(=O)c2cc3c4nc(C)[nH]c4cnc3n(CC(=O)N3CC(C)(F)C3)c2=O)cc1.